The molecule has 12 heteroatoms. The second kappa shape index (κ2) is 12.8. The average Bonchev–Trinajstić information content (AvgIpc) is 3.06. The molecule has 3 heterocycles. The first kappa shape index (κ1) is 28.9. The molecule has 214 valence electrons. The van der Waals surface area contributed by atoms with Crippen LogP contribution in [-0.4, -0.2) is 104 Å². The Morgan fingerprint density at radius 1 is 1.03 bits per heavy atom. The van der Waals surface area contributed by atoms with Gasteiger partial charge in [-0.15, -0.1) is 0 Å². The third kappa shape index (κ3) is 7.72. The molecular weight excluding hydrogens is 509 g/mol. The molecule has 9 nitrogen and oxygen atoms in total. The van der Waals surface area contributed by atoms with Crippen molar-refractivity contribution in [3.8, 4) is 0 Å². The van der Waals surface area contributed by atoms with Crippen molar-refractivity contribution in [1.29, 1.82) is 0 Å². The highest BCUT2D eigenvalue weighted by Gasteiger charge is 2.35. The molecule has 0 atom stereocenters. The summed E-state index contributed by atoms with van der Waals surface area (Å²) >= 11 is 0. The van der Waals surface area contributed by atoms with Gasteiger partial charge in [-0.05, 0) is 57.1 Å². The van der Waals surface area contributed by atoms with E-state index in [1.54, 1.807) is 4.90 Å². The number of nitrogens with one attached hydrogen (secondary N) is 2. The summed E-state index contributed by atoms with van der Waals surface area (Å²) in [6, 6.07) is 6.09. The number of halogens is 3. The van der Waals surface area contributed by atoms with Gasteiger partial charge in [0.05, 0.1) is 6.54 Å². The molecule has 2 N–H and O–H groups in total. The fourth-order valence-corrected chi connectivity index (χ4v) is 4.94. The van der Waals surface area contributed by atoms with E-state index in [2.05, 4.69) is 43.5 Å². The number of amides is 1. The first-order chi connectivity index (χ1) is 18.6. The summed E-state index contributed by atoms with van der Waals surface area (Å²) in [4.78, 5) is 28.9. The lowest BCUT2D eigenvalue weighted by Gasteiger charge is -2.34. The number of hydrogen-bond donors (Lipinski definition) is 2. The SMILES string of the molecule is CCc1cc(N2CCN(C)CC2)ccc1Nc1ncc(C(F)(F)F)c(NCCCN2CCCN(C)CC2=O)n1. The van der Waals surface area contributed by atoms with Gasteiger partial charge in [0.25, 0.3) is 0 Å². The number of benzene rings is 1. The molecule has 2 saturated heterocycles. The number of nitrogens with zero attached hydrogens (tertiary/aromatic N) is 6. The van der Waals surface area contributed by atoms with Gasteiger partial charge in [0, 0.05) is 69.9 Å². The van der Waals surface area contributed by atoms with Gasteiger partial charge in [0.15, 0.2) is 0 Å². The van der Waals surface area contributed by atoms with Gasteiger partial charge in [0.2, 0.25) is 11.9 Å². The Balaban J connectivity index is 1.43. The van der Waals surface area contributed by atoms with Crippen LogP contribution in [0.15, 0.2) is 24.4 Å². The highest BCUT2D eigenvalue weighted by Crippen LogP contribution is 2.34. The minimum Gasteiger partial charge on any atom is -0.369 e. The van der Waals surface area contributed by atoms with E-state index in [-0.39, 0.29) is 24.2 Å². The summed E-state index contributed by atoms with van der Waals surface area (Å²) in [6.45, 7) is 8.56. The number of likely N-dealkylation sites (N-methyl/N-ethyl adjacent to an activating group) is 2. The van der Waals surface area contributed by atoms with Crippen LogP contribution < -0.4 is 15.5 Å². The quantitative estimate of drug-likeness (QED) is 0.461. The van der Waals surface area contributed by atoms with Crippen LogP contribution >= 0.6 is 0 Å². The molecule has 1 amide bonds. The van der Waals surface area contributed by atoms with E-state index < -0.39 is 11.7 Å². The third-order valence-corrected chi connectivity index (χ3v) is 7.30. The van der Waals surface area contributed by atoms with Crippen molar-refractivity contribution in [3.63, 3.8) is 0 Å². The number of alkyl halides is 3. The Kier molecular flexibility index (Phi) is 9.49. The third-order valence-electron chi connectivity index (χ3n) is 7.30. The Morgan fingerprint density at radius 2 is 1.79 bits per heavy atom. The lowest BCUT2D eigenvalue weighted by molar-refractivity contribution is -0.137. The Morgan fingerprint density at radius 3 is 2.51 bits per heavy atom. The van der Waals surface area contributed by atoms with Crippen LogP contribution in [-0.2, 0) is 17.4 Å². The maximum atomic E-state index is 13.7. The van der Waals surface area contributed by atoms with Crippen LogP contribution in [0.5, 0.6) is 0 Å². The molecule has 2 aromatic rings. The molecule has 0 saturated carbocycles. The number of aromatic nitrogens is 2. The van der Waals surface area contributed by atoms with Gasteiger partial charge >= 0.3 is 6.18 Å². The van der Waals surface area contributed by atoms with Crippen LogP contribution in [0, 0.1) is 0 Å². The number of anilines is 4. The lowest BCUT2D eigenvalue weighted by atomic mass is 10.1. The van der Waals surface area contributed by atoms with Crippen LogP contribution in [0.4, 0.5) is 36.3 Å². The molecule has 2 aliphatic rings. The van der Waals surface area contributed by atoms with Gasteiger partial charge in [-0.25, -0.2) is 4.98 Å². The fourth-order valence-electron chi connectivity index (χ4n) is 4.94. The number of carbonyl (C=O) groups excluding carboxylic acids is 1. The van der Waals surface area contributed by atoms with Gasteiger partial charge in [-0.2, -0.15) is 18.2 Å². The van der Waals surface area contributed by atoms with E-state index in [9.17, 15) is 18.0 Å². The van der Waals surface area contributed by atoms with Crippen LogP contribution in [0.25, 0.3) is 0 Å². The highest BCUT2D eigenvalue weighted by molar-refractivity contribution is 5.78. The van der Waals surface area contributed by atoms with Crippen molar-refractivity contribution in [3.05, 3.63) is 35.5 Å². The predicted octanol–water partition coefficient (Wildman–Crippen LogP) is 3.52. The largest absolute Gasteiger partial charge is 0.421 e. The van der Waals surface area contributed by atoms with E-state index in [1.807, 2.05) is 31.0 Å². The summed E-state index contributed by atoms with van der Waals surface area (Å²) < 4.78 is 41.1. The smallest absolute Gasteiger partial charge is 0.369 e. The molecule has 0 aliphatic carbocycles. The molecule has 0 unspecified atom stereocenters. The molecule has 0 bridgehead atoms. The number of piperazine rings is 1. The van der Waals surface area contributed by atoms with Gasteiger partial charge in [0.1, 0.15) is 11.4 Å². The predicted molar refractivity (Wildman–Crippen MR) is 148 cm³/mol. The molecule has 1 aromatic carbocycles. The molecular formula is C27H39F3N8O. The number of hydrogen-bond acceptors (Lipinski definition) is 8. The number of aryl methyl sites for hydroxylation is 1. The van der Waals surface area contributed by atoms with Crippen LogP contribution in [0.1, 0.15) is 30.9 Å². The van der Waals surface area contributed by atoms with E-state index in [1.165, 1.54) is 0 Å². The van der Waals surface area contributed by atoms with E-state index in [4.69, 9.17) is 0 Å². The standard InChI is InChI=1S/C27H39F3N8O/c1-4-20-17-21(37-15-13-35(2)14-16-37)7-8-23(20)33-26-32-18-22(27(28,29)30)25(34-26)31-9-5-11-38-12-6-10-36(3)19-24(38)39/h7-8,17-18H,4-6,9-16,19H2,1-3H3,(H2,31,32,33,34). The minimum absolute atomic E-state index is 0.0462. The van der Waals surface area contributed by atoms with Gasteiger partial charge in [-0.1, -0.05) is 6.92 Å². The number of rotatable bonds is 9. The lowest BCUT2D eigenvalue weighted by Crippen LogP contribution is -2.44. The van der Waals surface area contributed by atoms with Crippen molar-refractivity contribution < 1.29 is 18.0 Å². The van der Waals surface area contributed by atoms with Crippen molar-refractivity contribution in [2.45, 2.75) is 32.4 Å². The first-order valence-corrected chi connectivity index (χ1v) is 13.6. The summed E-state index contributed by atoms with van der Waals surface area (Å²) in [5.74, 6) is -0.128. The van der Waals surface area contributed by atoms with E-state index in [0.717, 1.165) is 68.7 Å². The van der Waals surface area contributed by atoms with Crippen molar-refractivity contribution >= 4 is 29.0 Å². The second-order valence-electron chi connectivity index (χ2n) is 10.3. The number of carbonyl (C=O) groups is 1. The topological polar surface area (TPSA) is 79.9 Å². The average molecular weight is 549 g/mol. The zero-order chi connectivity index (χ0) is 28.0. The van der Waals surface area contributed by atoms with Gasteiger partial charge < -0.3 is 25.3 Å². The molecule has 1 aromatic heterocycles. The van der Waals surface area contributed by atoms with Crippen molar-refractivity contribution in [2.75, 3.05) is 88.5 Å². The van der Waals surface area contributed by atoms with Crippen LogP contribution in [0.2, 0.25) is 0 Å². The highest BCUT2D eigenvalue weighted by atomic mass is 19.4. The Hall–Kier alpha value is -3.12. The Bertz CT molecular complexity index is 1120. The first-order valence-electron chi connectivity index (χ1n) is 13.6. The van der Waals surface area contributed by atoms with Crippen molar-refractivity contribution in [1.82, 2.24) is 24.7 Å². The van der Waals surface area contributed by atoms with E-state index >= 15 is 0 Å². The summed E-state index contributed by atoms with van der Waals surface area (Å²) in [5.41, 5.74) is 2.03. The molecule has 2 aliphatic heterocycles. The summed E-state index contributed by atoms with van der Waals surface area (Å²) in [6.07, 6.45) is -1.64. The molecule has 39 heavy (non-hydrogen) atoms. The fraction of sp³-hybridized carbons (Fsp3) is 0.593. The normalized spacial score (nSPS) is 17.8. The van der Waals surface area contributed by atoms with Gasteiger partial charge in [-0.3, -0.25) is 9.69 Å². The molecule has 2 fully saturated rings. The molecule has 0 radical (unpaired) electrons. The zero-order valence-electron chi connectivity index (χ0n) is 23.0. The molecule has 0 spiro atoms. The second-order valence-corrected chi connectivity index (χ2v) is 10.3. The summed E-state index contributed by atoms with van der Waals surface area (Å²) in [5, 5.41) is 5.96. The van der Waals surface area contributed by atoms with Crippen molar-refractivity contribution in [2.24, 2.45) is 0 Å². The monoisotopic (exact) mass is 548 g/mol. The Labute approximate surface area is 228 Å². The van der Waals surface area contributed by atoms with Crippen LogP contribution in [0.3, 0.4) is 0 Å². The maximum Gasteiger partial charge on any atom is 0.421 e. The van der Waals surface area contributed by atoms with E-state index in [0.29, 0.717) is 26.1 Å². The summed E-state index contributed by atoms with van der Waals surface area (Å²) in [7, 11) is 4.03. The zero-order valence-corrected chi connectivity index (χ0v) is 23.0. The minimum atomic E-state index is -4.59. The maximum absolute atomic E-state index is 13.7. The molecule has 4 rings (SSSR count).